The molecular formula is C11H16O2S. The molecule has 0 aliphatic carbocycles. The van der Waals surface area contributed by atoms with E-state index in [1.54, 1.807) is 25.2 Å². The smallest absolute Gasteiger partial charge is 0.309 e. The largest absolute Gasteiger partial charge is 0.481 e. The lowest BCUT2D eigenvalue weighted by Crippen LogP contribution is -2.26. The molecule has 78 valence electrons. The summed E-state index contributed by atoms with van der Waals surface area (Å²) in [6, 6.07) is 2.09. The number of carboxylic acids is 1. The van der Waals surface area contributed by atoms with Gasteiger partial charge in [-0.2, -0.15) is 0 Å². The lowest BCUT2D eigenvalue weighted by atomic mass is 9.86. The summed E-state index contributed by atoms with van der Waals surface area (Å²) in [6.07, 6.45) is 0.610. The maximum absolute atomic E-state index is 10.9. The molecule has 0 atom stereocenters. The molecule has 1 rings (SSSR count). The van der Waals surface area contributed by atoms with E-state index in [2.05, 4.69) is 13.0 Å². The first-order valence-corrected chi connectivity index (χ1v) is 5.44. The van der Waals surface area contributed by atoms with Crippen molar-refractivity contribution in [2.75, 3.05) is 0 Å². The van der Waals surface area contributed by atoms with Crippen LogP contribution in [0.25, 0.3) is 0 Å². The molecule has 0 unspecified atom stereocenters. The first-order valence-electron chi connectivity index (χ1n) is 4.62. The molecule has 0 aliphatic heterocycles. The number of thiophene rings is 1. The summed E-state index contributed by atoms with van der Waals surface area (Å²) >= 11 is 1.73. The average Bonchev–Trinajstić information content (AvgIpc) is 2.29. The van der Waals surface area contributed by atoms with Gasteiger partial charge in [0.15, 0.2) is 0 Å². The number of carboxylic acid groups (broad SMARTS) is 1. The molecule has 0 spiro atoms. The highest BCUT2D eigenvalue weighted by molar-refractivity contribution is 7.12. The standard InChI is InChI=1S/C11H16O2S/c1-7-5-9(8(2)14-7)6-11(3,4)10(12)13/h5H,6H2,1-4H3,(H,12,13). The Balaban J connectivity index is 2.88. The minimum Gasteiger partial charge on any atom is -0.481 e. The van der Waals surface area contributed by atoms with Gasteiger partial charge in [0.1, 0.15) is 0 Å². The zero-order chi connectivity index (χ0) is 10.9. The minimum absolute atomic E-state index is 0.610. The molecule has 0 saturated heterocycles. The van der Waals surface area contributed by atoms with E-state index in [4.69, 9.17) is 5.11 Å². The van der Waals surface area contributed by atoms with E-state index < -0.39 is 11.4 Å². The molecule has 0 bridgehead atoms. The molecule has 1 aromatic rings. The van der Waals surface area contributed by atoms with Crippen molar-refractivity contribution < 1.29 is 9.90 Å². The van der Waals surface area contributed by atoms with Crippen LogP contribution in [0.15, 0.2) is 6.07 Å². The molecule has 0 amide bonds. The van der Waals surface area contributed by atoms with Crippen LogP contribution in [0.3, 0.4) is 0 Å². The molecule has 3 heteroatoms. The van der Waals surface area contributed by atoms with Gasteiger partial charge in [-0.15, -0.1) is 11.3 Å². The van der Waals surface area contributed by atoms with Crippen molar-refractivity contribution in [1.29, 1.82) is 0 Å². The predicted octanol–water partition coefficient (Wildman–Crippen LogP) is 3.02. The van der Waals surface area contributed by atoms with E-state index in [-0.39, 0.29) is 0 Å². The van der Waals surface area contributed by atoms with Crippen molar-refractivity contribution in [3.05, 3.63) is 21.4 Å². The summed E-state index contributed by atoms with van der Waals surface area (Å²) in [5, 5.41) is 9.00. The van der Waals surface area contributed by atoms with Crippen LogP contribution in [0.4, 0.5) is 0 Å². The fourth-order valence-electron chi connectivity index (χ4n) is 1.41. The van der Waals surface area contributed by atoms with Crippen LogP contribution in [-0.2, 0) is 11.2 Å². The van der Waals surface area contributed by atoms with Gasteiger partial charge in [-0.1, -0.05) is 0 Å². The van der Waals surface area contributed by atoms with Crippen molar-refractivity contribution in [2.45, 2.75) is 34.1 Å². The summed E-state index contributed by atoms with van der Waals surface area (Å²) < 4.78 is 0. The molecule has 0 aromatic carbocycles. The summed E-state index contributed by atoms with van der Waals surface area (Å²) in [4.78, 5) is 13.4. The SMILES string of the molecule is Cc1cc(CC(C)(C)C(=O)O)c(C)s1. The van der Waals surface area contributed by atoms with E-state index in [0.29, 0.717) is 6.42 Å². The van der Waals surface area contributed by atoms with Gasteiger partial charge in [-0.25, -0.2) is 0 Å². The van der Waals surface area contributed by atoms with Crippen LogP contribution in [0.2, 0.25) is 0 Å². The first-order chi connectivity index (χ1) is 6.33. The maximum atomic E-state index is 10.9. The number of rotatable bonds is 3. The van der Waals surface area contributed by atoms with Crippen molar-refractivity contribution in [1.82, 2.24) is 0 Å². The van der Waals surface area contributed by atoms with E-state index in [1.807, 2.05) is 6.92 Å². The number of carbonyl (C=O) groups is 1. The number of aryl methyl sites for hydroxylation is 2. The fraction of sp³-hybridized carbons (Fsp3) is 0.545. The Morgan fingerprint density at radius 3 is 2.43 bits per heavy atom. The highest BCUT2D eigenvalue weighted by Crippen LogP contribution is 2.28. The highest BCUT2D eigenvalue weighted by Gasteiger charge is 2.28. The number of hydrogen-bond acceptors (Lipinski definition) is 2. The van der Waals surface area contributed by atoms with Crippen LogP contribution in [0.1, 0.15) is 29.2 Å². The lowest BCUT2D eigenvalue weighted by Gasteiger charge is -2.18. The monoisotopic (exact) mass is 212 g/mol. The van der Waals surface area contributed by atoms with Crippen LogP contribution in [0.5, 0.6) is 0 Å². The highest BCUT2D eigenvalue weighted by atomic mass is 32.1. The topological polar surface area (TPSA) is 37.3 Å². The second-order valence-corrected chi connectivity index (χ2v) is 5.76. The summed E-state index contributed by atoms with van der Waals surface area (Å²) in [6.45, 7) is 7.63. The molecule has 14 heavy (non-hydrogen) atoms. The molecule has 0 saturated carbocycles. The molecule has 2 nitrogen and oxygen atoms in total. The van der Waals surface area contributed by atoms with Crippen LogP contribution < -0.4 is 0 Å². The van der Waals surface area contributed by atoms with E-state index in [0.717, 1.165) is 0 Å². The third-order valence-electron chi connectivity index (χ3n) is 2.36. The second-order valence-electron chi connectivity index (χ2n) is 4.30. The predicted molar refractivity (Wildman–Crippen MR) is 58.9 cm³/mol. The zero-order valence-electron chi connectivity index (χ0n) is 9.05. The van der Waals surface area contributed by atoms with Gasteiger partial charge in [0.25, 0.3) is 0 Å². The third kappa shape index (κ3) is 2.35. The van der Waals surface area contributed by atoms with E-state index in [9.17, 15) is 4.79 Å². The quantitative estimate of drug-likeness (QED) is 0.836. The lowest BCUT2D eigenvalue weighted by molar-refractivity contribution is -0.146. The molecular weight excluding hydrogens is 196 g/mol. The molecule has 0 radical (unpaired) electrons. The molecule has 1 aromatic heterocycles. The molecule has 1 N–H and O–H groups in total. The molecule has 0 fully saturated rings. The zero-order valence-corrected chi connectivity index (χ0v) is 9.86. The maximum Gasteiger partial charge on any atom is 0.309 e. The van der Waals surface area contributed by atoms with Gasteiger partial charge in [-0.3, -0.25) is 4.79 Å². The summed E-state index contributed by atoms with van der Waals surface area (Å²) in [5.41, 5.74) is 0.498. The van der Waals surface area contributed by atoms with Gasteiger partial charge in [0.05, 0.1) is 5.41 Å². The fourth-order valence-corrected chi connectivity index (χ4v) is 2.36. The van der Waals surface area contributed by atoms with E-state index in [1.165, 1.54) is 15.3 Å². The van der Waals surface area contributed by atoms with Crippen molar-refractivity contribution >= 4 is 17.3 Å². The molecule has 0 aliphatic rings. The van der Waals surface area contributed by atoms with Crippen molar-refractivity contribution in [3.63, 3.8) is 0 Å². The van der Waals surface area contributed by atoms with Crippen LogP contribution >= 0.6 is 11.3 Å². The normalized spacial score (nSPS) is 11.7. The Labute approximate surface area is 88.6 Å². The van der Waals surface area contributed by atoms with E-state index >= 15 is 0 Å². The third-order valence-corrected chi connectivity index (χ3v) is 3.36. The Morgan fingerprint density at radius 2 is 2.07 bits per heavy atom. The van der Waals surface area contributed by atoms with Crippen LogP contribution in [0, 0.1) is 19.3 Å². The van der Waals surface area contributed by atoms with Gasteiger partial charge in [-0.05, 0) is 45.7 Å². The Kier molecular flexibility index (Phi) is 3.00. The molecule has 1 heterocycles. The minimum atomic E-state index is -0.735. The summed E-state index contributed by atoms with van der Waals surface area (Å²) in [5.74, 6) is -0.735. The van der Waals surface area contributed by atoms with Crippen molar-refractivity contribution in [3.8, 4) is 0 Å². The first kappa shape index (κ1) is 11.2. The number of aliphatic carboxylic acids is 1. The van der Waals surface area contributed by atoms with Gasteiger partial charge in [0, 0.05) is 9.75 Å². The van der Waals surface area contributed by atoms with Gasteiger partial charge >= 0.3 is 5.97 Å². The van der Waals surface area contributed by atoms with Crippen LogP contribution in [-0.4, -0.2) is 11.1 Å². The average molecular weight is 212 g/mol. The Bertz CT molecular complexity index is 350. The van der Waals surface area contributed by atoms with Crippen molar-refractivity contribution in [2.24, 2.45) is 5.41 Å². The van der Waals surface area contributed by atoms with Gasteiger partial charge < -0.3 is 5.11 Å². The Hall–Kier alpha value is -0.830. The summed E-state index contributed by atoms with van der Waals surface area (Å²) in [7, 11) is 0. The van der Waals surface area contributed by atoms with Gasteiger partial charge in [0.2, 0.25) is 0 Å². The number of hydrogen-bond donors (Lipinski definition) is 1. The second kappa shape index (κ2) is 3.73. The Morgan fingerprint density at radius 1 is 1.50 bits per heavy atom.